The van der Waals surface area contributed by atoms with Gasteiger partial charge in [-0.2, -0.15) is 0 Å². The van der Waals surface area contributed by atoms with Crippen molar-refractivity contribution in [2.24, 2.45) is 5.41 Å². The molecule has 0 aliphatic heterocycles. The van der Waals surface area contributed by atoms with E-state index in [2.05, 4.69) is 20.8 Å². The number of aliphatic hydroxyl groups is 1. The molecule has 0 saturated heterocycles. The van der Waals surface area contributed by atoms with Gasteiger partial charge in [0, 0.05) is 7.11 Å². The number of methoxy groups -OCH3 is 1. The van der Waals surface area contributed by atoms with Gasteiger partial charge in [-0.05, 0) is 18.8 Å². The summed E-state index contributed by atoms with van der Waals surface area (Å²) in [7, 11) is 1.68. The highest BCUT2D eigenvalue weighted by Crippen LogP contribution is 2.30. The van der Waals surface area contributed by atoms with E-state index in [4.69, 9.17) is 4.74 Å². The van der Waals surface area contributed by atoms with Crippen LogP contribution in [0.3, 0.4) is 0 Å². The smallest absolute Gasteiger partial charge is 0.0849 e. The van der Waals surface area contributed by atoms with E-state index in [0.717, 1.165) is 6.42 Å². The van der Waals surface area contributed by atoms with E-state index < -0.39 is 0 Å². The molecule has 0 rings (SSSR count). The van der Waals surface area contributed by atoms with Crippen molar-refractivity contribution in [3.8, 4) is 0 Å². The highest BCUT2D eigenvalue weighted by molar-refractivity contribution is 4.82. The SMILES string of the molecule is CCCCCCCCCCCCCCCCCCCCCCC(C)(C)C(O)C(C)OC. The van der Waals surface area contributed by atoms with Crippen LogP contribution in [0.2, 0.25) is 0 Å². The first kappa shape index (κ1) is 30.9. The number of rotatable bonds is 24. The number of aliphatic hydroxyl groups excluding tert-OH is 1. The van der Waals surface area contributed by atoms with Gasteiger partial charge in [0.1, 0.15) is 0 Å². The molecule has 0 spiro atoms. The maximum absolute atomic E-state index is 10.4. The Kier molecular flexibility index (Phi) is 21.7. The highest BCUT2D eigenvalue weighted by atomic mass is 16.5. The van der Waals surface area contributed by atoms with Crippen molar-refractivity contribution in [1.29, 1.82) is 0 Å². The molecule has 0 amide bonds. The summed E-state index contributed by atoms with van der Waals surface area (Å²) in [5.41, 5.74) is -0.0519. The molecule has 1 N–H and O–H groups in total. The first-order valence-electron chi connectivity index (χ1n) is 14.2. The molecule has 0 bridgehead atoms. The minimum atomic E-state index is -0.377. The van der Waals surface area contributed by atoms with Gasteiger partial charge in [-0.25, -0.2) is 0 Å². The minimum absolute atomic E-state index is 0.0519. The van der Waals surface area contributed by atoms with E-state index in [1.165, 1.54) is 128 Å². The number of hydrogen-bond acceptors (Lipinski definition) is 2. The molecule has 0 aromatic rings. The Morgan fingerprint density at radius 2 is 0.871 bits per heavy atom. The third kappa shape index (κ3) is 19.1. The average molecular weight is 441 g/mol. The first-order chi connectivity index (χ1) is 15.0. The third-order valence-corrected chi connectivity index (χ3v) is 7.29. The topological polar surface area (TPSA) is 29.5 Å². The number of unbranched alkanes of at least 4 members (excludes halogenated alkanes) is 19. The quantitative estimate of drug-likeness (QED) is 0.151. The van der Waals surface area contributed by atoms with Crippen LogP contribution in [0.4, 0.5) is 0 Å². The lowest BCUT2D eigenvalue weighted by molar-refractivity contribution is -0.0651. The molecule has 2 nitrogen and oxygen atoms in total. The summed E-state index contributed by atoms with van der Waals surface area (Å²) in [4.78, 5) is 0. The van der Waals surface area contributed by atoms with Crippen LogP contribution >= 0.6 is 0 Å². The fourth-order valence-corrected chi connectivity index (χ4v) is 4.75. The molecule has 0 aliphatic carbocycles. The monoisotopic (exact) mass is 440 g/mol. The van der Waals surface area contributed by atoms with Crippen LogP contribution in [-0.2, 0) is 4.74 Å². The second kappa shape index (κ2) is 21.7. The molecular formula is C29H60O2. The lowest BCUT2D eigenvalue weighted by Gasteiger charge is -2.34. The molecular weight excluding hydrogens is 380 g/mol. The molecule has 0 aliphatic rings. The van der Waals surface area contributed by atoms with Gasteiger partial charge in [0.05, 0.1) is 12.2 Å². The summed E-state index contributed by atoms with van der Waals surface area (Å²) in [6.07, 6.45) is 29.0. The largest absolute Gasteiger partial charge is 0.390 e. The number of ether oxygens (including phenoxy) is 1. The van der Waals surface area contributed by atoms with Gasteiger partial charge in [-0.3, -0.25) is 0 Å². The third-order valence-electron chi connectivity index (χ3n) is 7.29. The molecule has 0 heterocycles. The fraction of sp³-hybridized carbons (Fsp3) is 1.00. The maximum atomic E-state index is 10.4. The van der Waals surface area contributed by atoms with Crippen molar-refractivity contribution in [3.05, 3.63) is 0 Å². The average Bonchev–Trinajstić information content (AvgIpc) is 2.76. The number of hydrogen-bond donors (Lipinski definition) is 1. The Morgan fingerprint density at radius 3 is 1.16 bits per heavy atom. The van der Waals surface area contributed by atoms with Crippen molar-refractivity contribution in [3.63, 3.8) is 0 Å². The summed E-state index contributed by atoms with van der Waals surface area (Å²) >= 11 is 0. The Bertz CT molecular complexity index is 353. The summed E-state index contributed by atoms with van der Waals surface area (Å²) in [6.45, 7) is 8.60. The zero-order valence-corrected chi connectivity index (χ0v) is 22.4. The molecule has 2 atom stereocenters. The molecule has 0 fully saturated rings. The van der Waals surface area contributed by atoms with Crippen LogP contribution in [0.15, 0.2) is 0 Å². The molecule has 2 heteroatoms. The van der Waals surface area contributed by atoms with Gasteiger partial charge < -0.3 is 9.84 Å². The van der Waals surface area contributed by atoms with E-state index in [-0.39, 0.29) is 17.6 Å². The Balaban J connectivity index is 3.27. The summed E-state index contributed by atoms with van der Waals surface area (Å²) in [5, 5.41) is 10.4. The van der Waals surface area contributed by atoms with Crippen molar-refractivity contribution < 1.29 is 9.84 Å². The molecule has 0 aromatic heterocycles. The van der Waals surface area contributed by atoms with Gasteiger partial charge >= 0.3 is 0 Å². The maximum Gasteiger partial charge on any atom is 0.0849 e. The second-order valence-electron chi connectivity index (χ2n) is 10.8. The minimum Gasteiger partial charge on any atom is -0.390 e. The van der Waals surface area contributed by atoms with Gasteiger partial charge in [-0.1, -0.05) is 149 Å². The molecule has 0 radical (unpaired) electrons. The van der Waals surface area contributed by atoms with Gasteiger partial charge in [0.15, 0.2) is 0 Å². The highest BCUT2D eigenvalue weighted by Gasteiger charge is 2.31. The van der Waals surface area contributed by atoms with E-state index in [9.17, 15) is 5.11 Å². The van der Waals surface area contributed by atoms with E-state index >= 15 is 0 Å². The van der Waals surface area contributed by atoms with Crippen molar-refractivity contribution in [1.82, 2.24) is 0 Å². The summed E-state index contributed by atoms with van der Waals surface area (Å²) in [5.74, 6) is 0. The lowest BCUT2D eigenvalue weighted by atomic mass is 9.79. The van der Waals surface area contributed by atoms with Crippen LogP contribution in [0.5, 0.6) is 0 Å². The van der Waals surface area contributed by atoms with Crippen LogP contribution in [-0.4, -0.2) is 24.4 Å². The van der Waals surface area contributed by atoms with Gasteiger partial charge in [-0.15, -0.1) is 0 Å². The van der Waals surface area contributed by atoms with Gasteiger partial charge in [0.25, 0.3) is 0 Å². The van der Waals surface area contributed by atoms with Crippen molar-refractivity contribution in [2.75, 3.05) is 7.11 Å². The Labute approximate surface area is 197 Å². The summed E-state index contributed by atoms with van der Waals surface area (Å²) < 4.78 is 5.29. The van der Waals surface area contributed by atoms with E-state index in [0.29, 0.717) is 0 Å². The molecule has 2 unspecified atom stereocenters. The van der Waals surface area contributed by atoms with Crippen molar-refractivity contribution >= 4 is 0 Å². The van der Waals surface area contributed by atoms with Crippen LogP contribution in [0, 0.1) is 5.41 Å². The predicted molar refractivity (Wildman–Crippen MR) is 139 cm³/mol. The van der Waals surface area contributed by atoms with E-state index in [1.807, 2.05) is 6.92 Å². The molecule has 31 heavy (non-hydrogen) atoms. The lowest BCUT2D eigenvalue weighted by Crippen LogP contribution is -2.39. The fourth-order valence-electron chi connectivity index (χ4n) is 4.75. The van der Waals surface area contributed by atoms with Gasteiger partial charge in [0.2, 0.25) is 0 Å². The first-order valence-corrected chi connectivity index (χ1v) is 14.2. The normalized spacial score (nSPS) is 14.1. The van der Waals surface area contributed by atoms with Crippen molar-refractivity contribution in [2.45, 2.75) is 175 Å². The zero-order chi connectivity index (χ0) is 23.2. The second-order valence-corrected chi connectivity index (χ2v) is 10.8. The standard InChI is InChI=1S/C29H60O2/c1-6-7-8-9-10-11-12-13-14-15-16-17-18-19-20-21-22-23-24-25-26-29(3,4)28(30)27(2)31-5/h27-28,30H,6-26H2,1-5H3. The predicted octanol–water partition coefficient (Wildman–Crippen LogP) is 9.62. The molecule has 188 valence electrons. The summed E-state index contributed by atoms with van der Waals surface area (Å²) in [6, 6.07) is 0. The Morgan fingerprint density at radius 1 is 0.581 bits per heavy atom. The van der Waals surface area contributed by atoms with E-state index in [1.54, 1.807) is 7.11 Å². The zero-order valence-electron chi connectivity index (χ0n) is 22.4. The molecule has 0 saturated carbocycles. The Hall–Kier alpha value is -0.0800. The van der Waals surface area contributed by atoms with Crippen LogP contribution in [0.1, 0.15) is 163 Å². The van der Waals surface area contributed by atoms with Crippen LogP contribution < -0.4 is 0 Å². The van der Waals surface area contributed by atoms with Crippen LogP contribution in [0.25, 0.3) is 0 Å². The molecule has 0 aromatic carbocycles.